The van der Waals surface area contributed by atoms with E-state index in [1.54, 1.807) is 19.2 Å². The Morgan fingerprint density at radius 1 is 0.955 bits per heavy atom. The molecule has 0 saturated heterocycles. The lowest BCUT2D eigenvalue weighted by atomic mass is 10.0. The average molecular weight is 302 g/mol. The van der Waals surface area contributed by atoms with Crippen LogP contribution in [0.15, 0.2) is 36.4 Å². The van der Waals surface area contributed by atoms with E-state index in [0.29, 0.717) is 6.61 Å². The molecule has 0 bridgehead atoms. The molecule has 2 N–H and O–H groups in total. The molecule has 4 heteroatoms. The van der Waals surface area contributed by atoms with Crippen molar-refractivity contribution in [2.75, 3.05) is 13.7 Å². The molecule has 0 aliphatic carbocycles. The van der Waals surface area contributed by atoms with Gasteiger partial charge < -0.3 is 19.7 Å². The van der Waals surface area contributed by atoms with Gasteiger partial charge in [0, 0.05) is 12.1 Å². The van der Waals surface area contributed by atoms with Crippen LogP contribution in [-0.4, -0.2) is 23.9 Å². The SMILES string of the molecule is CCOc1cc(OC)ccc1CCCc1ccc(O)cc1O. The van der Waals surface area contributed by atoms with E-state index < -0.39 is 0 Å². The number of hydrogen-bond donors (Lipinski definition) is 2. The van der Waals surface area contributed by atoms with Crippen molar-refractivity contribution in [3.63, 3.8) is 0 Å². The quantitative estimate of drug-likeness (QED) is 0.819. The van der Waals surface area contributed by atoms with Crippen molar-refractivity contribution in [2.45, 2.75) is 26.2 Å². The molecule has 22 heavy (non-hydrogen) atoms. The molecule has 2 aromatic carbocycles. The van der Waals surface area contributed by atoms with Crippen molar-refractivity contribution in [2.24, 2.45) is 0 Å². The Morgan fingerprint density at radius 2 is 1.68 bits per heavy atom. The lowest BCUT2D eigenvalue weighted by Gasteiger charge is -2.12. The maximum atomic E-state index is 9.79. The first-order chi connectivity index (χ1) is 10.6. The van der Waals surface area contributed by atoms with E-state index >= 15 is 0 Å². The summed E-state index contributed by atoms with van der Waals surface area (Å²) in [5.41, 5.74) is 1.96. The Hall–Kier alpha value is -2.36. The summed E-state index contributed by atoms with van der Waals surface area (Å²) in [6.07, 6.45) is 2.47. The number of hydrogen-bond acceptors (Lipinski definition) is 4. The molecule has 2 rings (SSSR count). The molecule has 0 radical (unpaired) electrons. The lowest BCUT2D eigenvalue weighted by Crippen LogP contribution is -1.99. The van der Waals surface area contributed by atoms with Crippen molar-refractivity contribution in [1.82, 2.24) is 0 Å². The Labute approximate surface area is 130 Å². The predicted molar refractivity (Wildman–Crippen MR) is 86.0 cm³/mol. The van der Waals surface area contributed by atoms with E-state index in [9.17, 15) is 10.2 Å². The summed E-state index contributed by atoms with van der Waals surface area (Å²) in [7, 11) is 1.64. The summed E-state index contributed by atoms with van der Waals surface area (Å²) >= 11 is 0. The minimum Gasteiger partial charge on any atom is -0.508 e. The molecule has 0 spiro atoms. The zero-order valence-electron chi connectivity index (χ0n) is 13.0. The zero-order chi connectivity index (χ0) is 15.9. The summed E-state index contributed by atoms with van der Waals surface area (Å²) in [5, 5.41) is 19.1. The van der Waals surface area contributed by atoms with E-state index in [1.165, 1.54) is 6.07 Å². The van der Waals surface area contributed by atoms with Crippen LogP contribution in [0.5, 0.6) is 23.0 Å². The van der Waals surface area contributed by atoms with Crippen LogP contribution in [0.3, 0.4) is 0 Å². The number of methoxy groups -OCH3 is 1. The van der Waals surface area contributed by atoms with Gasteiger partial charge in [0.25, 0.3) is 0 Å². The molecule has 0 aliphatic rings. The van der Waals surface area contributed by atoms with Gasteiger partial charge in [0.1, 0.15) is 23.0 Å². The molecule has 0 amide bonds. The van der Waals surface area contributed by atoms with Gasteiger partial charge in [-0.1, -0.05) is 12.1 Å². The van der Waals surface area contributed by atoms with Gasteiger partial charge in [-0.3, -0.25) is 0 Å². The average Bonchev–Trinajstić information content (AvgIpc) is 2.51. The van der Waals surface area contributed by atoms with Gasteiger partial charge >= 0.3 is 0 Å². The van der Waals surface area contributed by atoms with Gasteiger partial charge in [0.2, 0.25) is 0 Å². The minimum atomic E-state index is 0.0787. The van der Waals surface area contributed by atoms with Crippen molar-refractivity contribution < 1.29 is 19.7 Å². The third kappa shape index (κ3) is 4.07. The first-order valence-electron chi connectivity index (χ1n) is 7.44. The summed E-state index contributed by atoms with van der Waals surface area (Å²) < 4.78 is 10.9. The summed E-state index contributed by atoms with van der Waals surface area (Å²) in [5.74, 6) is 1.84. The highest BCUT2D eigenvalue weighted by molar-refractivity contribution is 5.41. The Kier molecular flexibility index (Phi) is 5.53. The maximum Gasteiger partial charge on any atom is 0.126 e. The van der Waals surface area contributed by atoms with Crippen LogP contribution < -0.4 is 9.47 Å². The molecule has 0 saturated carbocycles. The highest BCUT2D eigenvalue weighted by Crippen LogP contribution is 2.28. The second-order valence-electron chi connectivity index (χ2n) is 5.07. The van der Waals surface area contributed by atoms with Gasteiger partial charge in [-0.05, 0) is 49.4 Å². The molecule has 0 heterocycles. The van der Waals surface area contributed by atoms with Crippen LogP contribution in [0.25, 0.3) is 0 Å². The standard InChI is InChI=1S/C18H22O4/c1-3-22-18-12-16(21-2)10-8-14(18)6-4-5-13-7-9-15(19)11-17(13)20/h7-12,19-20H,3-6H2,1-2H3. The number of ether oxygens (including phenoxy) is 2. The molecule has 2 aromatic rings. The normalized spacial score (nSPS) is 10.5. The highest BCUT2D eigenvalue weighted by Gasteiger charge is 2.07. The molecule has 118 valence electrons. The van der Waals surface area contributed by atoms with Crippen LogP contribution in [0.2, 0.25) is 0 Å². The van der Waals surface area contributed by atoms with Crippen LogP contribution in [0.1, 0.15) is 24.5 Å². The summed E-state index contributed by atoms with van der Waals surface area (Å²) in [6, 6.07) is 10.6. The number of phenols is 2. The lowest BCUT2D eigenvalue weighted by molar-refractivity contribution is 0.332. The fraction of sp³-hybridized carbons (Fsp3) is 0.333. The van der Waals surface area contributed by atoms with E-state index in [-0.39, 0.29) is 11.5 Å². The second-order valence-corrected chi connectivity index (χ2v) is 5.07. The first kappa shape index (κ1) is 16.0. The van der Waals surface area contributed by atoms with Gasteiger partial charge in [-0.25, -0.2) is 0 Å². The molecule has 4 nitrogen and oxygen atoms in total. The largest absolute Gasteiger partial charge is 0.508 e. The summed E-state index contributed by atoms with van der Waals surface area (Å²) in [6.45, 7) is 2.57. The van der Waals surface area contributed by atoms with E-state index in [0.717, 1.165) is 41.9 Å². The summed E-state index contributed by atoms with van der Waals surface area (Å²) in [4.78, 5) is 0. The molecular formula is C18H22O4. The van der Waals surface area contributed by atoms with Crippen molar-refractivity contribution >= 4 is 0 Å². The van der Waals surface area contributed by atoms with Gasteiger partial charge in [0.05, 0.1) is 13.7 Å². The number of rotatable bonds is 7. The number of aryl methyl sites for hydroxylation is 2. The van der Waals surface area contributed by atoms with Crippen LogP contribution in [0, 0.1) is 0 Å². The van der Waals surface area contributed by atoms with Crippen molar-refractivity contribution in [3.05, 3.63) is 47.5 Å². The highest BCUT2D eigenvalue weighted by atomic mass is 16.5. The van der Waals surface area contributed by atoms with Crippen LogP contribution in [0.4, 0.5) is 0 Å². The fourth-order valence-electron chi connectivity index (χ4n) is 2.39. The molecule has 0 aliphatic heterocycles. The molecule has 0 unspecified atom stereocenters. The third-order valence-electron chi connectivity index (χ3n) is 3.54. The number of phenolic OH excluding ortho intramolecular Hbond substituents is 2. The van der Waals surface area contributed by atoms with Gasteiger partial charge in [-0.15, -0.1) is 0 Å². The zero-order valence-corrected chi connectivity index (χ0v) is 13.0. The minimum absolute atomic E-state index is 0.0787. The molecular weight excluding hydrogens is 280 g/mol. The predicted octanol–water partition coefficient (Wildman–Crippen LogP) is 3.68. The number of aromatic hydroxyl groups is 2. The second kappa shape index (κ2) is 7.59. The Morgan fingerprint density at radius 3 is 2.36 bits per heavy atom. The smallest absolute Gasteiger partial charge is 0.126 e. The van der Waals surface area contributed by atoms with E-state index in [2.05, 4.69) is 0 Å². The molecule has 0 aromatic heterocycles. The van der Waals surface area contributed by atoms with E-state index in [1.807, 2.05) is 25.1 Å². The van der Waals surface area contributed by atoms with Gasteiger partial charge in [-0.2, -0.15) is 0 Å². The van der Waals surface area contributed by atoms with Crippen LogP contribution >= 0.6 is 0 Å². The Bertz CT molecular complexity index is 622. The first-order valence-corrected chi connectivity index (χ1v) is 7.44. The third-order valence-corrected chi connectivity index (χ3v) is 3.54. The Balaban J connectivity index is 2.01. The maximum absolute atomic E-state index is 9.79. The van der Waals surface area contributed by atoms with Crippen molar-refractivity contribution in [1.29, 1.82) is 0 Å². The molecule has 0 fully saturated rings. The fourth-order valence-corrected chi connectivity index (χ4v) is 2.39. The van der Waals surface area contributed by atoms with E-state index in [4.69, 9.17) is 9.47 Å². The van der Waals surface area contributed by atoms with Crippen molar-refractivity contribution in [3.8, 4) is 23.0 Å². The number of benzene rings is 2. The topological polar surface area (TPSA) is 58.9 Å². The monoisotopic (exact) mass is 302 g/mol. The van der Waals surface area contributed by atoms with Gasteiger partial charge in [0.15, 0.2) is 0 Å². The molecule has 0 atom stereocenters. The van der Waals surface area contributed by atoms with Crippen LogP contribution in [-0.2, 0) is 12.8 Å².